The van der Waals surface area contributed by atoms with Crippen molar-refractivity contribution in [2.45, 2.75) is 31.1 Å². The Labute approximate surface area is 259 Å². The molecule has 2 aliphatic heterocycles. The van der Waals surface area contributed by atoms with E-state index in [2.05, 4.69) is 49.6 Å². The number of aromatic nitrogens is 3. The van der Waals surface area contributed by atoms with E-state index in [0.29, 0.717) is 48.8 Å². The number of rotatable bonds is 12. The zero-order chi connectivity index (χ0) is 30.0. The summed E-state index contributed by atoms with van der Waals surface area (Å²) in [6.07, 6.45) is 7.59. The first-order valence-electron chi connectivity index (χ1n) is 14.4. The molecule has 2 aromatic carbocycles. The Kier molecular flexibility index (Phi) is 9.09. The van der Waals surface area contributed by atoms with Crippen molar-refractivity contribution < 1.29 is 23.7 Å². The molecule has 6 rings (SSSR count). The first-order valence-corrected chi connectivity index (χ1v) is 17.8. The minimum Gasteiger partial charge on any atom is -0.456 e. The maximum atomic E-state index is 6.86. The average molecular weight is 624 g/mol. The zero-order valence-electron chi connectivity index (χ0n) is 24.8. The van der Waals surface area contributed by atoms with Crippen LogP contribution in [-0.4, -0.2) is 89.9 Å². The second kappa shape index (κ2) is 13.0. The lowest BCUT2D eigenvalue weighted by Gasteiger charge is -2.24. The van der Waals surface area contributed by atoms with Crippen molar-refractivity contribution in [1.29, 1.82) is 0 Å². The van der Waals surface area contributed by atoms with Gasteiger partial charge in [0.2, 0.25) is 0 Å². The van der Waals surface area contributed by atoms with Gasteiger partial charge in [-0.25, -0.2) is 15.0 Å². The highest BCUT2D eigenvalue weighted by molar-refractivity contribution is 8.32. The lowest BCUT2D eigenvalue weighted by atomic mass is 10.0. The van der Waals surface area contributed by atoms with Gasteiger partial charge in [0.05, 0.1) is 42.7 Å². The van der Waals surface area contributed by atoms with Crippen molar-refractivity contribution in [1.82, 2.24) is 14.5 Å². The maximum Gasteiger partial charge on any atom is 0.301 e. The molecular formula is C33H38ClN3O5S. The smallest absolute Gasteiger partial charge is 0.301 e. The van der Waals surface area contributed by atoms with Crippen LogP contribution in [0, 0.1) is 0 Å². The second-order valence-electron chi connectivity index (χ2n) is 11.7. The fraction of sp³-hybridized carbons (Fsp3) is 0.394. The highest BCUT2D eigenvalue weighted by Crippen LogP contribution is 2.36. The van der Waals surface area contributed by atoms with Gasteiger partial charge in [-0.1, -0.05) is 72.3 Å². The Balaban J connectivity index is 1.28. The van der Waals surface area contributed by atoms with E-state index in [1.54, 1.807) is 6.08 Å². The molecule has 10 heteroatoms. The van der Waals surface area contributed by atoms with E-state index in [4.69, 9.17) is 45.3 Å². The van der Waals surface area contributed by atoms with E-state index in [1.807, 2.05) is 41.0 Å². The largest absolute Gasteiger partial charge is 0.456 e. The van der Waals surface area contributed by atoms with Crippen molar-refractivity contribution in [2.75, 3.05) is 50.9 Å². The fourth-order valence-electron chi connectivity index (χ4n) is 5.34. The highest BCUT2D eigenvalue weighted by atomic mass is 35.5. The Morgan fingerprint density at radius 2 is 1.63 bits per heavy atom. The average Bonchev–Trinajstić information content (AvgIpc) is 3.68. The first-order chi connectivity index (χ1) is 20.8. The van der Waals surface area contributed by atoms with Gasteiger partial charge in [-0.05, 0) is 36.0 Å². The molecule has 0 N–H and O–H groups in total. The number of imidazole rings is 1. The van der Waals surface area contributed by atoms with Crippen molar-refractivity contribution in [3.8, 4) is 28.4 Å². The van der Waals surface area contributed by atoms with Gasteiger partial charge < -0.3 is 23.7 Å². The fourth-order valence-corrected chi connectivity index (χ4v) is 6.21. The number of fused-ring (bicyclic) bond motifs is 2. The van der Waals surface area contributed by atoms with Crippen LogP contribution in [-0.2, 0) is 25.7 Å². The minimum absolute atomic E-state index is 0.157. The van der Waals surface area contributed by atoms with Gasteiger partial charge in [0.25, 0.3) is 0 Å². The molecule has 0 spiro atoms. The topological polar surface area (TPSA) is 76.9 Å². The predicted octanol–water partition coefficient (Wildman–Crippen LogP) is 6.20. The molecule has 2 saturated heterocycles. The molecule has 2 fully saturated rings. The maximum absolute atomic E-state index is 6.86. The molecule has 0 radical (unpaired) electrons. The molecular weight excluding hydrogens is 586 g/mol. The number of ether oxygens (including phenoxy) is 5. The van der Waals surface area contributed by atoms with Crippen LogP contribution in [0.15, 0.2) is 73.3 Å². The summed E-state index contributed by atoms with van der Waals surface area (Å²) in [6.45, 7) is 5.89. The molecule has 228 valence electrons. The third-order valence-corrected chi connectivity index (χ3v) is 9.31. The summed E-state index contributed by atoms with van der Waals surface area (Å²) in [4.78, 5) is 9.72. The van der Waals surface area contributed by atoms with Crippen LogP contribution in [0.2, 0.25) is 5.02 Å². The van der Waals surface area contributed by atoms with Crippen LogP contribution in [0.1, 0.15) is 0 Å². The number of pyridine rings is 1. The highest BCUT2D eigenvalue weighted by Gasteiger charge is 2.50. The lowest BCUT2D eigenvalue weighted by molar-refractivity contribution is -0.0270. The summed E-state index contributed by atoms with van der Waals surface area (Å²) < 4.78 is 32.4. The van der Waals surface area contributed by atoms with E-state index in [0.717, 1.165) is 28.0 Å². The third-order valence-electron chi connectivity index (χ3n) is 7.63. The van der Waals surface area contributed by atoms with Gasteiger partial charge in [0.15, 0.2) is 11.8 Å². The molecule has 2 aromatic heterocycles. The molecule has 43 heavy (non-hydrogen) atoms. The summed E-state index contributed by atoms with van der Waals surface area (Å²) in [7, 11) is -0.688. The van der Waals surface area contributed by atoms with E-state index < -0.39 is 10.0 Å². The summed E-state index contributed by atoms with van der Waals surface area (Å²) in [5, 5.41) is 0.525. The number of hydrogen-bond donors (Lipinski definition) is 0. The number of nitrogens with zero attached hydrogens (tertiary/aromatic N) is 3. The SMILES string of the molecule is C=CCO[C@@H]1CO[C@H]2[C@@H]1OC[C@H]2Oc1nc2nc(-c3ccc(-c4ccccc4)cc3)c(Cl)cc2n1COCCS(C)(C)C. The minimum atomic E-state index is -0.688. The van der Waals surface area contributed by atoms with Gasteiger partial charge in [-0.15, -0.1) is 6.58 Å². The van der Waals surface area contributed by atoms with Gasteiger partial charge in [0.1, 0.15) is 25.0 Å². The molecule has 0 bridgehead atoms. The summed E-state index contributed by atoms with van der Waals surface area (Å²) in [6, 6.07) is 20.8. The van der Waals surface area contributed by atoms with E-state index in [-0.39, 0.29) is 31.1 Å². The molecule has 0 saturated carbocycles. The molecule has 0 amide bonds. The molecule has 4 atom stereocenters. The van der Waals surface area contributed by atoms with Gasteiger partial charge in [0, 0.05) is 11.3 Å². The van der Waals surface area contributed by atoms with Crippen LogP contribution in [0.4, 0.5) is 0 Å². The van der Waals surface area contributed by atoms with Gasteiger partial charge in [-0.3, -0.25) is 4.57 Å². The monoisotopic (exact) mass is 623 g/mol. The second-order valence-corrected chi connectivity index (χ2v) is 16.7. The number of hydrogen-bond acceptors (Lipinski definition) is 7. The summed E-state index contributed by atoms with van der Waals surface area (Å²) in [5.74, 6) is 0.998. The first kappa shape index (κ1) is 30.1. The molecule has 0 aliphatic carbocycles. The molecule has 8 nitrogen and oxygen atoms in total. The van der Waals surface area contributed by atoms with Gasteiger partial charge in [-0.2, -0.15) is 4.98 Å². The molecule has 4 aromatic rings. The lowest BCUT2D eigenvalue weighted by Crippen LogP contribution is -2.36. The van der Waals surface area contributed by atoms with Crippen molar-refractivity contribution in [2.24, 2.45) is 0 Å². The summed E-state index contributed by atoms with van der Waals surface area (Å²) in [5.41, 5.74) is 5.11. The number of benzene rings is 2. The zero-order valence-corrected chi connectivity index (χ0v) is 26.4. The standard InChI is InChI=1S/C33H38ClN3O5S/c1-5-15-39-27-19-40-31-28(20-41-30(27)31)42-33-36-32-26(37(33)21-38-16-17-43(2,3)4)18-25(34)29(35-32)24-13-11-23(12-14-24)22-9-7-6-8-10-22/h5-14,18,27-28,30-31H,1,15-17,19-21H2,2-4H3/t27-,28-,30-,31-/m1/s1. The van der Waals surface area contributed by atoms with E-state index >= 15 is 0 Å². The van der Waals surface area contributed by atoms with Crippen molar-refractivity contribution in [3.05, 3.63) is 78.3 Å². The Hall–Kier alpha value is -2.92. The third kappa shape index (κ3) is 6.77. The van der Waals surface area contributed by atoms with Crippen LogP contribution >= 0.6 is 21.6 Å². The van der Waals surface area contributed by atoms with Crippen LogP contribution in [0.5, 0.6) is 6.01 Å². The summed E-state index contributed by atoms with van der Waals surface area (Å²) >= 11 is 6.86. The normalized spacial score (nSPS) is 22.1. The Morgan fingerprint density at radius 1 is 0.953 bits per heavy atom. The quantitative estimate of drug-likeness (QED) is 0.137. The Morgan fingerprint density at radius 3 is 2.35 bits per heavy atom. The van der Waals surface area contributed by atoms with Crippen molar-refractivity contribution in [3.63, 3.8) is 0 Å². The van der Waals surface area contributed by atoms with Crippen LogP contribution < -0.4 is 4.74 Å². The molecule has 4 heterocycles. The van der Waals surface area contributed by atoms with E-state index in [9.17, 15) is 0 Å². The van der Waals surface area contributed by atoms with Crippen LogP contribution in [0.25, 0.3) is 33.5 Å². The predicted molar refractivity (Wildman–Crippen MR) is 173 cm³/mol. The van der Waals surface area contributed by atoms with Crippen LogP contribution in [0.3, 0.4) is 0 Å². The number of halogens is 1. The molecule has 2 aliphatic rings. The van der Waals surface area contributed by atoms with Gasteiger partial charge >= 0.3 is 6.01 Å². The van der Waals surface area contributed by atoms with Crippen molar-refractivity contribution >= 4 is 32.8 Å². The Bertz CT molecular complexity index is 1560. The molecule has 0 unspecified atom stereocenters. The van der Waals surface area contributed by atoms with E-state index in [1.165, 1.54) is 0 Å².